The second-order valence-electron chi connectivity index (χ2n) is 4.37. The monoisotopic (exact) mass is 259 g/mol. The van der Waals surface area contributed by atoms with E-state index in [1.165, 1.54) is 4.68 Å². The SMILES string of the molecule is COc1ccc(-c2cc(CN)c(=O)n(C)n2)cc1C. The third-order valence-corrected chi connectivity index (χ3v) is 3.05. The van der Waals surface area contributed by atoms with E-state index in [1.807, 2.05) is 25.1 Å². The number of ether oxygens (including phenoxy) is 1. The van der Waals surface area contributed by atoms with Crippen LogP contribution in [-0.4, -0.2) is 16.9 Å². The highest BCUT2D eigenvalue weighted by molar-refractivity contribution is 5.62. The Bertz CT molecular complexity index is 662. The minimum Gasteiger partial charge on any atom is -0.496 e. The Morgan fingerprint density at radius 2 is 2.11 bits per heavy atom. The number of methoxy groups -OCH3 is 1. The Hall–Kier alpha value is -2.14. The molecule has 100 valence electrons. The van der Waals surface area contributed by atoms with E-state index < -0.39 is 0 Å². The number of hydrogen-bond acceptors (Lipinski definition) is 4. The molecular weight excluding hydrogens is 242 g/mol. The molecule has 0 unspecified atom stereocenters. The Labute approximate surface area is 111 Å². The minimum atomic E-state index is -0.156. The summed E-state index contributed by atoms with van der Waals surface area (Å²) >= 11 is 0. The number of hydrogen-bond donors (Lipinski definition) is 1. The maximum atomic E-state index is 11.8. The second-order valence-corrected chi connectivity index (χ2v) is 4.37. The molecule has 0 aliphatic rings. The largest absolute Gasteiger partial charge is 0.496 e. The van der Waals surface area contributed by atoms with E-state index in [4.69, 9.17) is 10.5 Å². The van der Waals surface area contributed by atoms with Gasteiger partial charge in [-0.2, -0.15) is 5.10 Å². The zero-order valence-electron chi connectivity index (χ0n) is 11.3. The maximum absolute atomic E-state index is 11.8. The molecule has 0 aliphatic carbocycles. The molecule has 0 atom stereocenters. The first kappa shape index (κ1) is 13.3. The van der Waals surface area contributed by atoms with E-state index in [-0.39, 0.29) is 12.1 Å². The molecule has 0 bridgehead atoms. The fraction of sp³-hybridized carbons (Fsp3) is 0.286. The van der Waals surface area contributed by atoms with Crippen LogP contribution in [0, 0.1) is 6.92 Å². The molecule has 5 nitrogen and oxygen atoms in total. The number of aromatic nitrogens is 2. The molecule has 2 aromatic rings. The molecule has 2 rings (SSSR count). The molecule has 1 aromatic heterocycles. The summed E-state index contributed by atoms with van der Waals surface area (Å²) in [6.45, 7) is 2.17. The molecule has 0 saturated carbocycles. The second kappa shape index (κ2) is 5.24. The number of aryl methyl sites for hydroxylation is 2. The van der Waals surface area contributed by atoms with Crippen molar-refractivity contribution in [2.24, 2.45) is 12.8 Å². The summed E-state index contributed by atoms with van der Waals surface area (Å²) < 4.78 is 6.54. The number of benzene rings is 1. The molecule has 1 aromatic carbocycles. The van der Waals surface area contributed by atoms with Gasteiger partial charge in [-0.05, 0) is 36.8 Å². The standard InChI is InChI=1S/C14H17N3O2/c1-9-6-10(4-5-13(9)19-3)12-7-11(8-15)14(18)17(2)16-12/h4-7H,8,15H2,1-3H3. The zero-order chi connectivity index (χ0) is 14.0. The molecule has 0 aliphatic heterocycles. The Kier molecular flexibility index (Phi) is 3.66. The van der Waals surface area contributed by atoms with E-state index in [0.29, 0.717) is 5.56 Å². The van der Waals surface area contributed by atoms with Crippen molar-refractivity contribution in [2.45, 2.75) is 13.5 Å². The average molecular weight is 259 g/mol. The topological polar surface area (TPSA) is 70.1 Å². The molecule has 0 spiro atoms. The highest BCUT2D eigenvalue weighted by atomic mass is 16.5. The van der Waals surface area contributed by atoms with E-state index in [9.17, 15) is 4.79 Å². The first-order chi connectivity index (χ1) is 9.06. The van der Waals surface area contributed by atoms with Gasteiger partial charge in [-0.3, -0.25) is 4.79 Å². The lowest BCUT2D eigenvalue weighted by molar-refractivity contribution is 0.412. The predicted molar refractivity (Wildman–Crippen MR) is 74.1 cm³/mol. The van der Waals surface area contributed by atoms with Crippen molar-refractivity contribution < 1.29 is 4.74 Å². The molecule has 0 amide bonds. The average Bonchev–Trinajstić information content (AvgIpc) is 2.41. The molecule has 19 heavy (non-hydrogen) atoms. The third-order valence-electron chi connectivity index (χ3n) is 3.05. The Morgan fingerprint density at radius 3 is 2.68 bits per heavy atom. The molecule has 2 N–H and O–H groups in total. The van der Waals surface area contributed by atoms with Crippen molar-refractivity contribution in [3.05, 3.63) is 45.7 Å². The number of nitrogens with two attached hydrogens (primary N) is 1. The van der Waals surface area contributed by atoms with Gasteiger partial charge in [-0.25, -0.2) is 4.68 Å². The van der Waals surface area contributed by atoms with Crippen molar-refractivity contribution in [3.8, 4) is 17.0 Å². The van der Waals surface area contributed by atoms with E-state index in [0.717, 1.165) is 22.6 Å². The molecular formula is C14H17N3O2. The van der Waals surface area contributed by atoms with Crippen LogP contribution < -0.4 is 16.0 Å². The fourth-order valence-corrected chi connectivity index (χ4v) is 2.00. The van der Waals surface area contributed by atoms with E-state index >= 15 is 0 Å². The molecule has 0 fully saturated rings. The first-order valence-electron chi connectivity index (χ1n) is 5.99. The summed E-state index contributed by atoms with van der Waals surface area (Å²) in [5.74, 6) is 0.826. The normalized spacial score (nSPS) is 10.5. The van der Waals surface area contributed by atoms with Crippen LogP contribution in [0.1, 0.15) is 11.1 Å². The molecule has 0 radical (unpaired) electrons. The van der Waals surface area contributed by atoms with Gasteiger partial charge in [0.25, 0.3) is 5.56 Å². The van der Waals surface area contributed by atoms with Gasteiger partial charge in [0.15, 0.2) is 0 Å². The lowest BCUT2D eigenvalue weighted by Crippen LogP contribution is -2.25. The van der Waals surface area contributed by atoms with Crippen LogP contribution in [0.3, 0.4) is 0 Å². The zero-order valence-corrected chi connectivity index (χ0v) is 11.3. The summed E-state index contributed by atoms with van der Waals surface area (Å²) in [7, 11) is 3.26. The summed E-state index contributed by atoms with van der Waals surface area (Å²) in [5.41, 5.74) is 8.66. The van der Waals surface area contributed by atoms with Crippen molar-refractivity contribution in [1.29, 1.82) is 0 Å². The van der Waals surface area contributed by atoms with Crippen LogP contribution in [0.15, 0.2) is 29.1 Å². The first-order valence-corrected chi connectivity index (χ1v) is 5.99. The van der Waals surface area contributed by atoms with Crippen LogP contribution in [0.5, 0.6) is 5.75 Å². The van der Waals surface area contributed by atoms with E-state index in [1.54, 1.807) is 20.2 Å². The minimum absolute atomic E-state index is 0.156. The summed E-state index contributed by atoms with van der Waals surface area (Å²) in [4.78, 5) is 11.8. The lowest BCUT2D eigenvalue weighted by Gasteiger charge is -2.09. The van der Waals surface area contributed by atoms with Crippen molar-refractivity contribution >= 4 is 0 Å². The van der Waals surface area contributed by atoms with Crippen LogP contribution in [0.2, 0.25) is 0 Å². The summed E-state index contributed by atoms with van der Waals surface area (Å²) in [6, 6.07) is 7.52. The smallest absolute Gasteiger partial charge is 0.271 e. The van der Waals surface area contributed by atoms with Crippen molar-refractivity contribution in [2.75, 3.05) is 7.11 Å². The Balaban J connectivity index is 2.56. The number of rotatable bonds is 3. The van der Waals surface area contributed by atoms with Crippen LogP contribution in [0.25, 0.3) is 11.3 Å². The summed E-state index contributed by atoms with van der Waals surface area (Å²) in [5, 5.41) is 4.26. The predicted octanol–water partition coefficient (Wildman–Crippen LogP) is 1.22. The fourth-order valence-electron chi connectivity index (χ4n) is 2.00. The highest BCUT2D eigenvalue weighted by Gasteiger charge is 2.08. The maximum Gasteiger partial charge on any atom is 0.271 e. The van der Waals surface area contributed by atoms with Gasteiger partial charge in [0.05, 0.1) is 12.8 Å². The number of nitrogens with zero attached hydrogens (tertiary/aromatic N) is 2. The van der Waals surface area contributed by atoms with E-state index in [2.05, 4.69) is 5.10 Å². The van der Waals surface area contributed by atoms with Gasteiger partial charge < -0.3 is 10.5 Å². The highest BCUT2D eigenvalue weighted by Crippen LogP contribution is 2.24. The lowest BCUT2D eigenvalue weighted by atomic mass is 10.1. The van der Waals surface area contributed by atoms with Crippen molar-refractivity contribution in [1.82, 2.24) is 9.78 Å². The third kappa shape index (κ3) is 2.51. The quantitative estimate of drug-likeness (QED) is 0.899. The van der Waals surface area contributed by atoms with Gasteiger partial charge >= 0.3 is 0 Å². The molecule has 5 heteroatoms. The molecule has 0 saturated heterocycles. The van der Waals surface area contributed by atoms with Crippen LogP contribution in [0.4, 0.5) is 0 Å². The van der Waals surface area contributed by atoms with Crippen molar-refractivity contribution in [3.63, 3.8) is 0 Å². The Morgan fingerprint density at radius 1 is 1.37 bits per heavy atom. The molecule has 1 heterocycles. The van der Waals surface area contributed by atoms with Gasteiger partial charge in [-0.1, -0.05) is 0 Å². The van der Waals surface area contributed by atoms with Gasteiger partial charge in [0.1, 0.15) is 5.75 Å². The summed E-state index contributed by atoms with van der Waals surface area (Å²) in [6.07, 6.45) is 0. The van der Waals surface area contributed by atoms with Gasteiger partial charge in [0.2, 0.25) is 0 Å². The van der Waals surface area contributed by atoms with Crippen LogP contribution in [-0.2, 0) is 13.6 Å². The van der Waals surface area contributed by atoms with Gasteiger partial charge in [0, 0.05) is 24.7 Å². The van der Waals surface area contributed by atoms with Gasteiger partial charge in [-0.15, -0.1) is 0 Å². The van der Waals surface area contributed by atoms with Crippen LogP contribution >= 0.6 is 0 Å².